The molecule has 0 radical (unpaired) electrons. The molecule has 1 rings (SSSR count). The van der Waals surface area contributed by atoms with Gasteiger partial charge in [0.1, 0.15) is 0 Å². The van der Waals surface area contributed by atoms with Crippen molar-refractivity contribution >= 4 is 23.9 Å². The van der Waals surface area contributed by atoms with Gasteiger partial charge in [0, 0.05) is 0 Å². The molecule has 0 spiro atoms. The fourth-order valence-electron chi connectivity index (χ4n) is 8.24. The van der Waals surface area contributed by atoms with E-state index in [0.29, 0.717) is 0 Å². The lowest BCUT2D eigenvalue weighted by molar-refractivity contribution is -0.174. The van der Waals surface area contributed by atoms with Crippen LogP contribution in [0.5, 0.6) is 0 Å². The molecule has 4 atom stereocenters. The number of rotatable bonds is 37. The summed E-state index contributed by atoms with van der Waals surface area (Å²) < 4.78 is 17.0. The predicted octanol–water partition coefficient (Wildman–Crippen LogP) is 13.5. The number of carbonyl (C=O) groups is 4. The number of carboxylic acid groups (broad SMARTS) is 1. The molecule has 0 aromatic rings. The van der Waals surface area contributed by atoms with E-state index in [1.54, 1.807) is 0 Å². The predicted molar refractivity (Wildman–Crippen MR) is 233 cm³/mol. The molecule has 8 nitrogen and oxygen atoms in total. The van der Waals surface area contributed by atoms with Gasteiger partial charge in [0.25, 0.3) is 0 Å². The molecule has 0 aromatic heterocycles. The first kappa shape index (κ1) is 52.9. The Labute approximate surface area is 350 Å². The first-order valence-electron chi connectivity index (χ1n) is 24.2. The highest BCUT2D eigenvalue weighted by molar-refractivity contribution is 5.87. The third-order valence-electron chi connectivity index (χ3n) is 12.0. The van der Waals surface area contributed by atoms with Gasteiger partial charge in [-0.15, -0.1) is 0 Å². The minimum atomic E-state index is -1.15. The van der Waals surface area contributed by atoms with Crippen molar-refractivity contribution < 1.29 is 38.5 Å². The van der Waals surface area contributed by atoms with Crippen molar-refractivity contribution in [3.05, 3.63) is 0 Å². The molecule has 0 bridgehead atoms. The van der Waals surface area contributed by atoms with Crippen LogP contribution in [0.25, 0.3) is 0 Å². The van der Waals surface area contributed by atoms with Crippen LogP contribution in [0.1, 0.15) is 228 Å². The maximum absolute atomic E-state index is 13.6. The average Bonchev–Trinajstić information content (AvgIpc) is 3.16. The number of hydrogen-bond acceptors (Lipinski definition) is 7. The minimum Gasteiger partial charge on any atom is -0.481 e. The van der Waals surface area contributed by atoms with Crippen LogP contribution in [0, 0.1) is 41.4 Å². The summed E-state index contributed by atoms with van der Waals surface area (Å²) in [6, 6.07) is 0. The van der Waals surface area contributed by atoms with Gasteiger partial charge in [-0.3, -0.25) is 19.2 Å². The third kappa shape index (κ3) is 28.1. The standard InChI is InChI=1S/C49H90O8/c1-39(2)31-25-19-13-7-10-16-22-28-34-55-47(52)43-38-45(49(54)57-36-30-24-18-12-9-15-21-27-33-41(5)6)44(37-42(43)46(50)51)48(53)56-35-29-23-17-11-8-14-20-26-32-40(3)4/h39-45H,7-38H2,1-6H3,(H,50,51). The van der Waals surface area contributed by atoms with Crippen LogP contribution in [0.15, 0.2) is 0 Å². The quantitative estimate of drug-likeness (QED) is 0.0375. The summed E-state index contributed by atoms with van der Waals surface area (Å²) in [7, 11) is 0. The molecule has 334 valence electrons. The van der Waals surface area contributed by atoms with Crippen molar-refractivity contribution in [1.29, 1.82) is 0 Å². The molecule has 4 unspecified atom stereocenters. The van der Waals surface area contributed by atoms with Crippen molar-refractivity contribution in [2.24, 2.45) is 41.4 Å². The van der Waals surface area contributed by atoms with Gasteiger partial charge in [-0.2, -0.15) is 0 Å². The molecule has 0 aliphatic heterocycles. The van der Waals surface area contributed by atoms with Crippen LogP contribution >= 0.6 is 0 Å². The number of carboxylic acids is 1. The third-order valence-corrected chi connectivity index (χ3v) is 12.0. The van der Waals surface area contributed by atoms with E-state index in [9.17, 15) is 24.3 Å². The molecule has 1 aliphatic rings. The van der Waals surface area contributed by atoms with Gasteiger partial charge in [0.05, 0.1) is 43.5 Å². The monoisotopic (exact) mass is 807 g/mol. The zero-order valence-electron chi connectivity index (χ0n) is 38.0. The SMILES string of the molecule is CC(C)CCCCCCCCCCOC(=O)C1CC(C(=O)OCCCCCCCCCCC(C)C)C(C(=O)OCCCCCCCCCCC(C)C)CC1C(=O)O. The number of ether oxygens (including phenoxy) is 3. The maximum Gasteiger partial charge on any atom is 0.309 e. The van der Waals surface area contributed by atoms with Crippen LogP contribution in [0.4, 0.5) is 0 Å². The fraction of sp³-hybridized carbons (Fsp3) is 0.918. The molecule has 0 aromatic carbocycles. The largest absolute Gasteiger partial charge is 0.481 e. The van der Waals surface area contributed by atoms with E-state index in [2.05, 4.69) is 41.5 Å². The Morgan fingerprint density at radius 1 is 0.368 bits per heavy atom. The van der Waals surface area contributed by atoms with Gasteiger partial charge in [-0.25, -0.2) is 0 Å². The van der Waals surface area contributed by atoms with Crippen LogP contribution in [0.3, 0.4) is 0 Å². The van der Waals surface area contributed by atoms with Crippen LogP contribution in [-0.2, 0) is 33.4 Å². The molecular weight excluding hydrogens is 717 g/mol. The van der Waals surface area contributed by atoms with E-state index in [1.807, 2.05) is 0 Å². The smallest absolute Gasteiger partial charge is 0.309 e. The first-order chi connectivity index (χ1) is 27.4. The van der Waals surface area contributed by atoms with E-state index in [1.165, 1.54) is 109 Å². The average molecular weight is 807 g/mol. The first-order valence-corrected chi connectivity index (χ1v) is 24.2. The molecular formula is C49H90O8. The minimum absolute atomic E-state index is 0.0841. The van der Waals surface area contributed by atoms with Gasteiger partial charge in [0.15, 0.2) is 0 Å². The van der Waals surface area contributed by atoms with Crippen molar-refractivity contribution in [2.75, 3.05) is 19.8 Å². The molecule has 0 heterocycles. The van der Waals surface area contributed by atoms with Crippen LogP contribution in [0.2, 0.25) is 0 Å². The van der Waals surface area contributed by atoms with Gasteiger partial charge >= 0.3 is 23.9 Å². The topological polar surface area (TPSA) is 116 Å². The summed E-state index contributed by atoms with van der Waals surface area (Å²) in [5.74, 6) is -4.59. The van der Waals surface area contributed by atoms with Crippen molar-refractivity contribution in [3.8, 4) is 0 Å². The summed E-state index contributed by atoms with van der Waals surface area (Å²) >= 11 is 0. The maximum atomic E-state index is 13.6. The molecule has 1 aliphatic carbocycles. The Kier molecular flexibility index (Phi) is 32.2. The van der Waals surface area contributed by atoms with Gasteiger partial charge in [0.2, 0.25) is 0 Å². The summed E-state index contributed by atoms with van der Waals surface area (Å²) in [4.78, 5) is 52.9. The Bertz CT molecular complexity index is 1020. The number of esters is 3. The molecule has 0 saturated heterocycles. The number of aliphatic carboxylic acids is 1. The summed E-state index contributed by atoms with van der Waals surface area (Å²) in [5.41, 5.74) is 0. The second-order valence-corrected chi connectivity index (χ2v) is 18.8. The Morgan fingerprint density at radius 3 is 0.825 bits per heavy atom. The zero-order valence-corrected chi connectivity index (χ0v) is 38.0. The fourth-order valence-corrected chi connectivity index (χ4v) is 8.24. The molecule has 1 fully saturated rings. The zero-order chi connectivity index (χ0) is 42.1. The van der Waals surface area contributed by atoms with Crippen molar-refractivity contribution in [1.82, 2.24) is 0 Å². The number of unbranched alkanes of at least 4 members (excludes halogenated alkanes) is 21. The van der Waals surface area contributed by atoms with Gasteiger partial charge in [-0.05, 0) is 49.9 Å². The van der Waals surface area contributed by atoms with Crippen molar-refractivity contribution in [3.63, 3.8) is 0 Å². The van der Waals surface area contributed by atoms with Crippen LogP contribution in [-0.4, -0.2) is 48.8 Å². The molecule has 1 N–H and O–H groups in total. The second-order valence-electron chi connectivity index (χ2n) is 18.8. The second kappa shape index (κ2) is 34.7. The summed E-state index contributed by atoms with van der Waals surface area (Å²) in [6.45, 7) is 14.3. The lowest BCUT2D eigenvalue weighted by atomic mass is 9.68. The van der Waals surface area contributed by atoms with E-state index in [4.69, 9.17) is 14.2 Å². The van der Waals surface area contributed by atoms with Gasteiger partial charge in [-0.1, -0.05) is 196 Å². The number of carbonyl (C=O) groups excluding carboxylic acids is 3. The van der Waals surface area contributed by atoms with Crippen molar-refractivity contribution in [2.45, 2.75) is 228 Å². The Hall–Kier alpha value is -2.12. The molecule has 1 saturated carbocycles. The number of hydrogen-bond donors (Lipinski definition) is 1. The lowest BCUT2D eigenvalue weighted by Crippen LogP contribution is -2.46. The Balaban J connectivity index is 2.64. The molecule has 8 heteroatoms. The highest BCUT2D eigenvalue weighted by atomic mass is 16.5. The molecule has 57 heavy (non-hydrogen) atoms. The Morgan fingerprint density at radius 2 is 0.579 bits per heavy atom. The highest BCUT2D eigenvalue weighted by Crippen LogP contribution is 2.41. The summed E-state index contributed by atoms with van der Waals surface area (Å²) in [5, 5.41) is 10.2. The van der Waals surface area contributed by atoms with E-state index >= 15 is 0 Å². The van der Waals surface area contributed by atoms with E-state index in [-0.39, 0.29) is 32.7 Å². The highest BCUT2D eigenvalue weighted by Gasteiger charge is 2.50. The van der Waals surface area contributed by atoms with Gasteiger partial charge < -0.3 is 19.3 Å². The van der Waals surface area contributed by atoms with E-state index < -0.39 is 47.5 Å². The molecule has 0 amide bonds. The summed E-state index contributed by atoms with van der Waals surface area (Å²) in [6.07, 6.45) is 30.7. The normalized spacial score (nSPS) is 18.3. The van der Waals surface area contributed by atoms with Crippen LogP contribution < -0.4 is 0 Å². The lowest BCUT2D eigenvalue weighted by Gasteiger charge is -2.36. The van der Waals surface area contributed by atoms with E-state index in [0.717, 1.165) is 82.0 Å².